The van der Waals surface area contributed by atoms with Crippen LogP contribution in [0.4, 0.5) is 22.7 Å². The molecular formula is C13H22N4O2. The molecule has 0 amide bonds. The number of benzene rings is 1. The van der Waals surface area contributed by atoms with Gasteiger partial charge in [0.05, 0.1) is 25.6 Å². The summed E-state index contributed by atoms with van der Waals surface area (Å²) in [5.74, 6) is 0.951. The van der Waals surface area contributed by atoms with Gasteiger partial charge in [-0.15, -0.1) is 0 Å². The van der Waals surface area contributed by atoms with Gasteiger partial charge in [0.25, 0.3) is 0 Å². The molecule has 0 saturated carbocycles. The second-order valence-electron chi connectivity index (χ2n) is 4.65. The smallest absolute Gasteiger partial charge is 0.188 e. The predicted molar refractivity (Wildman–Crippen MR) is 79.2 cm³/mol. The summed E-state index contributed by atoms with van der Waals surface area (Å²) in [6.45, 7) is 2.98. The molecule has 1 aromatic rings. The molecule has 6 nitrogen and oxygen atoms in total. The van der Waals surface area contributed by atoms with Crippen molar-refractivity contribution in [3.05, 3.63) is 0 Å². The van der Waals surface area contributed by atoms with Gasteiger partial charge in [-0.2, -0.15) is 0 Å². The third-order valence-corrected chi connectivity index (χ3v) is 3.40. The molecule has 0 saturated heterocycles. The lowest BCUT2D eigenvalue weighted by Crippen LogP contribution is -2.33. The molecule has 0 aliphatic carbocycles. The highest BCUT2D eigenvalue weighted by atomic mass is 16.5. The zero-order chi connectivity index (χ0) is 14.0. The Labute approximate surface area is 113 Å². The molecule has 0 aromatic heterocycles. The van der Waals surface area contributed by atoms with E-state index in [1.807, 2.05) is 0 Å². The van der Waals surface area contributed by atoms with E-state index in [0.29, 0.717) is 28.9 Å². The van der Waals surface area contributed by atoms with Crippen molar-refractivity contribution >= 4 is 22.7 Å². The first-order valence-corrected chi connectivity index (χ1v) is 6.47. The van der Waals surface area contributed by atoms with Crippen molar-refractivity contribution in [2.24, 2.45) is 0 Å². The highest BCUT2D eigenvalue weighted by Crippen LogP contribution is 2.50. The Kier molecular flexibility index (Phi) is 3.78. The average Bonchev–Trinajstić information content (AvgIpc) is 2.42. The first kappa shape index (κ1) is 13.5. The SMILES string of the molecule is CCCC1CNc2c(N)c(OC)c(OC)c(N)c2N1. The van der Waals surface area contributed by atoms with Crippen LogP contribution in [0.2, 0.25) is 0 Å². The van der Waals surface area contributed by atoms with E-state index >= 15 is 0 Å². The van der Waals surface area contributed by atoms with Gasteiger partial charge in [-0.25, -0.2) is 0 Å². The maximum atomic E-state index is 6.16. The lowest BCUT2D eigenvalue weighted by molar-refractivity contribution is 0.358. The van der Waals surface area contributed by atoms with Gasteiger partial charge < -0.3 is 31.6 Å². The first-order valence-electron chi connectivity index (χ1n) is 6.47. The maximum Gasteiger partial charge on any atom is 0.188 e. The van der Waals surface area contributed by atoms with Crippen molar-refractivity contribution < 1.29 is 9.47 Å². The standard InChI is InChI=1S/C13H22N4O2/c1-4-5-7-6-16-10-8(14)12(18-2)13(19-3)9(15)11(10)17-7/h7,16-17H,4-6,14-15H2,1-3H3. The summed E-state index contributed by atoms with van der Waals surface area (Å²) in [6.07, 6.45) is 2.18. The van der Waals surface area contributed by atoms with E-state index in [9.17, 15) is 0 Å². The summed E-state index contributed by atoms with van der Waals surface area (Å²) in [7, 11) is 3.11. The van der Waals surface area contributed by atoms with E-state index in [4.69, 9.17) is 20.9 Å². The number of ether oxygens (including phenoxy) is 2. The zero-order valence-corrected chi connectivity index (χ0v) is 11.7. The highest BCUT2D eigenvalue weighted by molar-refractivity contribution is 5.98. The molecule has 1 aliphatic heterocycles. The van der Waals surface area contributed by atoms with Crippen LogP contribution in [0, 0.1) is 0 Å². The topological polar surface area (TPSA) is 94.6 Å². The second kappa shape index (κ2) is 5.34. The van der Waals surface area contributed by atoms with Crippen LogP contribution in [0.1, 0.15) is 19.8 Å². The Morgan fingerprint density at radius 2 is 1.68 bits per heavy atom. The van der Waals surface area contributed by atoms with Crippen LogP contribution in [0.15, 0.2) is 0 Å². The molecule has 1 unspecified atom stereocenters. The minimum absolute atomic E-state index is 0.345. The van der Waals surface area contributed by atoms with Gasteiger partial charge in [0, 0.05) is 12.6 Å². The summed E-state index contributed by atoms with van der Waals surface area (Å²) in [6, 6.07) is 0.345. The average molecular weight is 266 g/mol. The Balaban J connectivity index is 2.49. The van der Waals surface area contributed by atoms with Crippen LogP contribution in [-0.2, 0) is 0 Å². The number of hydrogen-bond acceptors (Lipinski definition) is 6. The van der Waals surface area contributed by atoms with Crippen LogP contribution in [-0.4, -0.2) is 26.8 Å². The van der Waals surface area contributed by atoms with Gasteiger partial charge in [-0.3, -0.25) is 0 Å². The Morgan fingerprint density at radius 1 is 1.11 bits per heavy atom. The molecule has 1 heterocycles. The number of hydrogen-bond donors (Lipinski definition) is 4. The lowest BCUT2D eigenvalue weighted by atomic mass is 10.0. The molecule has 6 N–H and O–H groups in total. The predicted octanol–water partition coefficient (Wildman–Crippen LogP) is 1.87. The van der Waals surface area contributed by atoms with Gasteiger partial charge in [0.1, 0.15) is 11.4 Å². The minimum Gasteiger partial charge on any atom is -0.491 e. The summed E-state index contributed by atoms with van der Waals surface area (Å²) < 4.78 is 10.6. The maximum absolute atomic E-state index is 6.16. The largest absolute Gasteiger partial charge is 0.491 e. The zero-order valence-electron chi connectivity index (χ0n) is 11.7. The molecule has 0 bridgehead atoms. The van der Waals surface area contributed by atoms with Crippen molar-refractivity contribution in [1.82, 2.24) is 0 Å². The van der Waals surface area contributed by atoms with Crippen LogP contribution < -0.4 is 31.6 Å². The van der Waals surface area contributed by atoms with Crippen molar-refractivity contribution in [3.63, 3.8) is 0 Å². The summed E-state index contributed by atoms with van der Waals surface area (Å²) in [5, 5.41) is 6.76. The fourth-order valence-corrected chi connectivity index (χ4v) is 2.48. The van der Waals surface area contributed by atoms with Crippen LogP contribution in [0.25, 0.3) is 0 Å². The second-order valence-corrected chi connectivity index (χ2v) is 4.65. The number of anilines is 4. The normalized spacial score (nSPS) is 17.1. The van der Waals surface area contributed by atoms with E-state index < -0.39 is 0 Å². The van der Waals surface area contributed by atoms with Crippen molar-refractivity contribution in [2.45, 2.75) is 25.8 Å². The van der Waals surface area contributed by atoms with Gasteiger partial charge >= 0.3 is 0 Å². The third kappa shape index (κ3) is 2.18. The van der Waals surface area contributed by atoms with Gasteiger partial charge in [-0.1, -0.05) is 13.3 Å². The summed E-state index contributed by atoms with van der Waals surface area (Å²) in [4.78, 5) is 0. The van der Waals surface area contributed by atoms with Crippen LogP contribution in [0.3, 0.4) is 0 Å². The van der Waals surface area contributed by atoms with E-state index in [2.05, 4.69) is 17.6 Å². The Bertz CT molecular complexity index is 476. The number of methoxy groups -OCH3 is 2. The number of rotatable bonds is 4. The summed E-state index contributed by atoms with van der Waals surface area (Å²) in [5.41, 5.74) is 14.9. The monoisotopic (exact) mass is 266 g/mol. The van der Waals surface area contributed by atoms with Crippen LogP contribution >= 0.6 is 0 Å². The molecule has 1 aliphatic rings. The van der Waals surface area contributed by atoms with Crippen molar-refractivity contribution in [3.8, 4) is 11.5 Å². The van der Waals surface area contributed by atoms with Crippen molar-refractivity contribution in [2.75, 3.05) is 42.9 Å². The highest BCUT2D eigenvalue weighted by Gasteiger charge is 2.27. The Hall–Kier alpha value is -1.98. The fourth-order valence-electron chi connectivity index (χ4n) is 2.48. The number of nitrogens with two attached hydrogens (primary N) is 2. The molecule has 106 valence electrons. The number of nitrogen functional groups attached to an aromatic ring is 2. The molecule has 1 atom stereocenters. The van der Waals surface area contributed by atoms with Gasteiger partial charge in [0.2, 0.25) is 0 Å². The molecule has 6 heteroatoms. The fraction of sp³-hybridized carbons (Fsp3) is 0.538. The van der Waals surface area contributed by atoms with Gasteiger partial charge in [0.15, 0.2) is 11.5 Å². The molecule has 0 fully saturated rings. The Morgan fingerprint density at radius 3 is 2.21 bits per heavy atom. The number of nitrogens with one attached hydrogen (secondary N) is 2. The molecule has 2 rings (SSSR count). The first-order chi connectivity index (χ1) is 9.13. The van der Waals surface area contributed by atoms with E-state index in [1.54, 1.807) is 14.2 Å². The van der Waals surface area contributed by atoms with E-state index in [-0.39, 0.29) is 0 Å². The molecular weight excluding hydrogens is 244 g/mol. The van der Waals surface area contributed by atoms with E-state index in [1.165, 1.54) is 0 Å². The number of fused-ring (bicyclic) bond motifs is 1. The third-order valence-electron chi connectivity index (χ3n) is 3.40. The lowest BCUT2D eigenvalue weighted by Gasteiger charge is -2.31. The molecule has 0 radical (unpaired) electrons. The van der Waals surface area contributed by atoms with Crippen LogP contribution in [0.5, 0.6) is 11.5 Å². The summed E-state index contributed by atoms with van der Waals surface area (Å²) >= 11 is 0. The molecule has 19 heavy (non-hydrogen) atoms. The van der Waals surface area contributed by atoms with E-state index in [0.717, 1.165) is 30.8 Å². The molecule has 0 spiro atoms. The van der Waals surface area contributed by atoms with Gasteiger partial charge in [-0.05, 0) is 6.42 Å². The van der Waals surface area contributed by atoms with Crippen molar-refractivity contribution in [1.29, 1.82) is 0 Å². The molecule has 1 aromatic carbocycles. The quantitative estimate of drug-likeness (QED) is 0.622. The minimum atomic E-state index is 0.345.